The van der Waals surface area contributed by atoms with Crippen LogP contribution in [0, 0.1) is 17.5 Å². The van der Waals surface area contributed by atoms with E-state index in [0.717, 1.165) is 25.7 Å². The van der Waals surface area contributed by atoms with E-state index in [1.807, 2.05) is 4.90 Å². The van der Waals surface area contributed by atoms with E-state index < -0.39 is 17.5 Å². The maximum Gasteiger partial charge on any atom is 0.163 e. The molecule has 0 aliphatic carbocycles. The summed E-state index contributed by atoms with van der Waals surface area (Å²) in [6, 6.07) is 1.98. The van der Waals surface area contributed by atoms with Crippen LogP contribution in [-0.2, 0) is 6.54 Å². The third kappa shape index (κ3) is 3.77. The minimum Gasteiger partial charge on any atom is -0.296 e. The van der Waals surface area contributed by atoms with Gasteiger partial charge in [-0.25, -0.2) is 17.5 Å². The zero-order valence-electron chi connectivity index (χ0n) is 10.4. The number of halogens is 4. The summed E-state index contributed by atoms with van der Waals surface area (Å²) in [6.07, 6.45) is 0. The Morgan fingerprint density at radius 1 is 1.32 bits per heavy atom. The molecule has 0 aromatic heterocycles. The monoisotopic (exact) mass is 402 g/mol. The minimum absolute atomic E-state index is 0.0836. The molecule has 1 atom stereocenters. The van der Waals surface area contributed by atoms with E-state index in [1.54, 1.807) is 9.12 Å². The zero-order chi connectivity index (χ0) is 14.0. The molecule has 1 aliphatic heterocycles. The van der Waals surface area contributed by atoms with Gasteiger partial charge in [0.05, 0.1) is 0 Å². The molecule has 2 nitrogen and oxygen atoms in total. The molecule has 0 unspecified atom stereocenters. The predicted molar refractivity (Wildman–Crippen MR) is 79.4 cm³/mol. The van der Waals surface area contributed by atoms with Gasteiger partial charge in [0.25, 0.3) is 0 Å². The number of hydrogen-bond donors (Lipinski definition) is 0. The molecule has 1 aromatic carbocycles. The first-order valence-corrected chi connectivity index (χ1v) is 9.24. The fraction of sp³-hybridized carbons (Fsp3) is 0.500. The van der Waals surface area contributed by atoms with Crippen LogP contribution in [0.15, 0.2) is 12.1 Å². The first kappa shape index (κ1) is 15.4. The lowest BCUT2D eigenvalue weighted by Gasteiger charge is -2.37. The summed E-state index contributed by atoms with van der Waals surface area (Å²) >= 11 is 2.23. The highest BCUT2D eigenvalue weighted by Crippen LogP contribution is 2.25. The van der Waals surface area contributed by atoms with E-state index in [-0.39, 0.29) is 12.1 Å². The number of benzene rings is 1. The van der Waals surface area contributed by atoms with Gasteiger partial charge in [-0.3, -0.25) is 4.90 Å². The molecule has 0 spiro atoms. The molecule has 1 heterocycles. The molecular formula is C12H14F3IN2S. The number of hydrogen-bond acceptors (Lipinski definition) is 3. The Morgan fingerprint density at radius 2 is 2.05 bits per heavy atom. The average molecular weight is 402 g/mol. The van der Waals surface area contributed by atoms with Crippen molar-refractivity contribution in [3.63, 3.8) is 0 Å². The van der Waals surface area contributed by atoms with Gasteiger partial charge in [-0.05, 0) is 22.1 Å². The Kier molecular flexibility index (Phi) is 5.38. The summed E-state index contributed by atoms with van der Waals surface area (Å²) in [6.45, 7) is 4.70. The van der Waals surface area contributed by atoms with Gasteiger partial charge in [0, 0.05) is 65.1 Å². The Balaban J connectivity index is 2.06. The highest BCUT2D eigenvalue weighted by molar-refractivity contribution is 14.2. The lowest BCUT2D eigenvalue weighted by molar-refractivity contribution is 0.145. The molecule has 0 saturated carbocycles. The molecule has 19 heavy (non-hydrogen) atoms. The second-order valence-corrected chi connectivity index (χ2v) is 6.44. The van der Waals surface area contributed by atoms with E-state index in [1.165, 1.54) is 0 Å². The number of piperazine rings is 1. The summed E-state index contributed by atoms with van der Waals surface area (Å²) in [5.41, 5.74) is 0.0836. The van der Waals surface area contributed by atoms with Crippen LogP contribution in [-0.4, -0.2) is 34.9 Å². The molecule has 0 bridgehead atoms. The van der Waals surface area contributed by atoms with Gasteiger partial charge in [0.1, 0.15) is 5.82 Å². The van der Waals surface area contributed by atoms with Crippen molar-refractivity contribution in [3.8, 4) is 0 Å². The predicted octanol–water partition coefficient (Wildman–Crippen LogP) is 3.61. The lowest BCUT2D eigenvalue weighted by Crippen LogP contribution is -2.48. The maximum atomic E-state index is 13.6. The van der Waals surface area contributed by atoms with E-state index in [4.69, 9.17) is 0 Å². The first-order chi connectivity index (χ1) is 9.01. The van der Waals surface area contributed by atoms with Gasteiger partial charge >= 0.3 is 0 Å². The quantitative estimate of drug-likeness (QED) is 0.434. The van der Waals surface area contributed by atoms with Gasteiger partial charge in [0.15, 0.2) is 11.6 Å². The third-order valence-corrected chi connectivity index (χ3v) is 5.44. The molecular weight excluding hydrogens is 388 g/mol. The summed E-state index contributed by atoms with van der Waals surface area (Å²) in [5, 5.41) is 0. The molecule has 1 fully saturated rings. The van der Waals surface area contributed by atoms with E-state index in [0.29, 0.717) is 12.1 Å². The number of nitrogens with zero attached hydrogens (tertiary/aromatic N) is 2. The smallest absolute Gasteiger partial charge is 0.163 e. The standard InChI is InChI=1S/C12H14F3IN2S/c1-8-6-17(2-3-18(8)19-16)7-9-4-10(13)5-11(14)12(9)15/h4-5,8H,2-3,6-7H2,1H3/t8-/m1/s1. The molecule has 1 saturated heterocycles. The molecule has 106 valence electrons. The highest BCUT2D eigenvalue weighted by Gasteiger charge is 2.24. The lowest BCUT2D eigenvalue weighted by atomic mass is 10.1. The molecule has 0 N–H and O–H groups in total. The van der Waals surface area contributed by atoms with Crippen molar-refractivity contribution in [2.24, 2.45) is 0 Å². The van der Waals surface area contributed by atoms with E-state index >= 15 is 0 Å². The first-order valence-electron chi connectivity index (χ1n) is 5.92. The molecule has 2 rings (SSSR count). The van der Waals surface area contributed by atoms with Crippen LogP contribution in [0.2, 0.25) is 0 Å². The SMILES string of the molecule is C[C@@H]1CN(Cc2cc(F)cc(F)c2F)CCN1SI. The van der Waals surface area contributed by atoms with Crippen molar-refractivity contribution in [1.29, 1.82) is 0 Å². The molecule has 0 radical (unpaired) electrons. The van der Waals surface area contributed by atoms with Crippen molar-refractivity contribution in [2.75, 3.05) is 19.6 Å². The highest BCUT2D eigenvalue weighted by atomic mass is 127. The second-order valence-electron chi connectivity index (χ2n) is 4.65. The topological polar surface area (TPSA) is 6.48 Å². The van der Waals surface area contributed by atoms with Crippen molar-refractivity contribution < 1.29 is 13.2 Å². The molecule has 1 aromatic rings. The third-order valence-electron chi connectivity index (χ3n) is 3.20. The van der Waals surface area contributed by atoms with Crippen LogP contribution in [0.5, 0.6) is 0 Å². The van der Waals surface area contributed by atoms with Crippen molar-refractivity contribution in [2.45, 2.75) is 19.5 Å². The summed E-state index contributed by atoms with van der Waals surface area (Å²) in [5.74, 6) is -2.80. The summed E-state index contributed by atoms with van der Waals surface area (Å²) in [7, 11) is 1.65. The van der Waals surface area contributed by atoms with Gasteiger partial charge in [-0.2, -0.15) is 0 Å². The average Bonchev–Trinajstić information content (AvgIpc) is 2.35. The van der Waals surface area contributed by atoms with E-state index in [9.17, 15) is 13.2 Å². The van der Waals surface area contributed by atoms with Crippen LogP contribution in [0.25, 0.3) is 0 Å². The Labute approximate surface area is 127 Å². The Bertz CT molecular complexity index is 461. The Morgan fingerprint density at radius 3 is 2.68 bits per heavy atom. The van der Waals surface area contributed by atoms with Crippen LogP contribution < -0.4 is 0 Å². The molecule has 1 aliphatic rings. The van der Waals surface area contributed by atoms with E-state index in [2.05, 4.69) is 32.4 Å². The van der Waals surface area contributed by atoms with Crippen LogP contribution in [0.3, 0.4) is 0 Å². The van der Waals surface area contributed by atoms with Gasteiger partial charge in [-0.15, -0.1) is 0 Å². The van der Waals surface area contributed by atoms with Crippen LogP contribution in [0.4, 0.5) is 13.2 Å². The molecule has 7 heteroatoms. The van der Waals surface area contributed by atoms with Crippen LogP contribution in [0.1, 0.15) is 12.5 Å². The minimum atomic E-state index is -1.12. The summed E-state index contributed by atoms with van der Waals surface area (Å²) in [4.78, 5) is 2.02. The number of rotatable bonds is 3. The van der Waals surface area contributed by atoms with Crippen LogP contribution >= 0.6 is 30.3 Å². The fourth-order valence-electron chi connectivity index (χ4n) is 2.23. The summed E-state index contributed by atoms with van der Waals surface area (Å²) < 4.78 is 42.1. The van der Waals surface area contributed by atoms with Gasteiger partial charge in [-0.1, -0.05) is 0 Å². The second kappa shape index (κ2) is 6.64. The normalized spacial score (nSPS) is 21.8. The van der Waals surface area contributed by atoms with Crippen molar-refractivity contribution in [1.82, 2.24) is 9.21 Å². The Hall–Kier alpha value is 0.01000. The zero-order valence-corrected chi connectivity index (χ0v) is 13.3. The van der Waals surface area contributed by atoms with Gasteiger partial charge < -0.3 is 0 Å². The van der Waals surface area contributed by atoms with Gasteiger partial charge in [0.2, 0.25) is 0 Å². The fourth-order valence-corrected chi connectivity index (χ4v) is 4.34. The molecule has 0 amide bonds. The maximum absolute atomic E-state index is 13.6. The van der Waals surface area contributed by atoms with Crippen molar-refractivity contribution >= 4 is 30.3 Å². The largest absolute Gasteiger partial charge is 0.296 e. The van der Waals surface area contributed by atoms with Crippen molar-refractivity contribution in [3.05, 3.63) is 35.1 Å².